The highest BCUT2D eigenvalue weighted by Gasteiger charge is 2.06. The molecule has 0 fully saturated rings. The summed E-state index contributed by atoms with van der Waals surface area (Å²) in [5, 5.41) is 6.56. The molecule has 0 aliphatic rings. The van der Waals surface area contributed by atoms with Crippen LogP contribution in [-0.2, 0) is 16.1 Å². The van der Waals surface area contributed by atoms with Gasteiger partial charge in [-0.05, 0) is 16.3 Å². The summed E-state index contributed by atoms with van der Waals surface area (Å²) in [5.41, 5.74) is 1.15. The average Bonchev–Trinajstić information content (AvgIpc) is 3.06. The highest BCUT2D eigenvalue weighted by molar-refractivity contribution is 7.07. The molecule has 0 aliphatic heterocycles. The molecular formula is C18H17N3O3S. The van der Waals surface area contributed by atoms with E-state index >= 15 is 0 Å². The fourth-order valence-electron chi connectivity index (χ4n) is 2.49. The highest BCUT2D eigenvalue weighted by Crippen LogP contribution is 2.19. The van der Waals surface area contributed by atoms with Crippen LogP contribution >= 0.6 is 11.3 Å². The van der Waals surface area contributed by atoms with Crippen molar-refractivity contribution in [2.45, 2.75) is 6.54 Å². The minimum atomic E-state index is -0.654. The molecule has 0 radical (unpaired) electrons. The van der Waals surface area contributed by atoms with Gasteiger partial charge in [-0.2, -0.15) is 4.99 Å². The summed E-state index contributed by atoms with van der Waals surface area (Å²) in [6.07, 6.45) is 1.24. The molecule has 2 aromatic carbocycles. The third-order valence-electron chi connectivity index (χ3n) is 3.67. The smallest absolute Gasteiger partial charge is 0.407 e. The van der Waals surface area contributed by atoms with Crippen molar-refractivity contribution in [1.82, 2.24) is 9.88 Å². The molecule has 0 bridgehead atoms. The van der Waals surface area contributed by atoms with Gasteiger partial charge in [0.05, 0.1) is 13.7 Å². The number of nitrogens with one attached hydrogen (secondary N) is 1. The van der Waals surface area contributed by atoms with Crippen LogP contribution in [0.4, 0.5) is 4.79 Å². The van der Waals surface area contributed by atoms with Crippen LogP contribution in [0.2, 0.25) is 0 Å². The van der Waals surface area contributed by atoms with E-state index in [0.29, 0.717) is 11.3 Å². The van der Waals surface area contributed by atoms with E-state index < -0.39 is 12.0 Å². The largest absolute Gasteiger partial charge is 0.453 e. The molecule has 7 heteroatoms. The molecule has 3 aromatic rings. The van der Waals surface area contributed by atoms with Crippen molar-refractivity contribution < 1.29 is 14.3 Å². The van der Waals surface area contributed by atoms with Gasteiger partial charge < -0.3 is 14.6 Å². The summed E-state index contributed by atoms with van der Waals surface area (Å²) < 4.78 is 6.35. The molecule has 25 heavy (non-hydrogen) atoms. The summed E-state index contributed by atoms with van der Waals surface area (Å²) in [7, 11) is 1.24. The zero-order valence-corrected chi connectivity index (χ0v) is 14.5. The van der Waals surface area contributed by atoms with Crippen molar-refractivity contribution >= 4 is 34.1 Å². The Hall–Kier alpha value is -2.93. The molecule has 128 valence electrons. The van der Waals surface area contributed by atoms with Gasteiger partial charge in [-0.1, -0.05) is 42.5 Å². The van der Waals surface area contributed by atoms with E-state index in [1.807, 2.05) is 34.3 Å². The van der Waals surface area contributed by atoms with Crippen molar-refractivity contribution in [3.8, 4) is 0 Å². The zero-order chi connectivity index (χ0) is 17.6. The average molecular weight is 355 g/mol. The van der Waals surface area contributed by atoms with E-state index in [-0.39, 0.29) is 6.54 Å². The van der Waals surface area contributed by atoms with Crippen LogP contribution in [-0.4, -0.2) is 30.2 Å². The van der Waals surface area contributed by atoms with Crippen molar-refractivity contribution in [3.63, 3.8) is 0 Å². The first-order valence-corrected chi connectivity index (χ1v) is 8.55. The maximum absolute atomic E-state index is 11.9. The van der Waals surface area contributed by atoms with E-state index in [1.54, 1.807) is 0 Å². The molecule has 2 amide bonds. The molecule has 3 rings (SSSR count). The Bertz CT molecular complexity index is 969. The first-order chi connectivity index (χ1) is 12.2. The Morgan fingerprint density at radius 2 is 2.00 bits per heavy atom. The number of amides is 2. The van der Waals surface area contributed by atoms with Crippen LogP contribution in [0.3, 0.4) is 0 Å². The SMILES string of the molecule is COC(=O)NCC(=O)N=c1sccn1Cc1cccc2ccccc12. The summed E-state index contributed by atoms with van der Waals surface area (Å²) in [6.45, 7) is 0.417. The predicted octanol–water partition coefficient (Wildman–Crippen LogP) is 2.53. The molecule has 0 saturated carbocycles. The number of fused-ring (bicyclic) bond motifs is 1. The molecule has 0 atom stereocenters. The normalized spacial score (nSPS) is 11.5. The molecule has 0 aliphatic carbocycles. The molecule has 0 unspecified atom stereocenters. The van der Waals surface area contributed by atoms with E-state index in [0.717, 1.165) is 5.56 Å². The van der Waals surface area contributed by atoms with Gasteiger partial charge >= 0.3 is 6.09 Å². The van der Waals surface area contributed by atoms with Gasteiger partial charge in [-0.25, -0.2) is 4.79 Å². The standard InChI is InChI=1S/C18H17N3O3S/c1-24-18(23)19-11-16(22)20-17-21(9-10-25-17)12-14-7-4-6-13-5-2-3-8-15(13)14/h2-10H,11-12H2,1H3,(H,19,23). The molecule has 1 heterocycles. The second-order valence-corrected chi connectivity index (χ2v) is 6.18. The molecule has 1 aromatic heterocycles. The first-order valence-electron chi connectivity index (χ1n) is 7.67. The van der Waals surface area contributed by atoms with Gasteiger partial charge in [0.15, 0.2) is 4.80 Å². The van der Waals surface area contributed by atoms with Gasteiger partial charge in [0.25, 0.3) is 5.91 Å². The third-order valence-corrected chi connectivity index (χ3v) is 4.46. The number of carbonyl (C=O) groups excluding carboxylic acids is 2. The van der Waals surface area contributed by atoms with E-state index in [4.69, 9.17) is 0 Å². The first kappa shape index (κ1) is 16.9. The van der Waals surface area contributed by atoms with Gasteiger partial charge in [0.2, 0.25) is 0 Å². The predicted molar refractivity (Wildman–Crippen MR) is 96.3 cm³/mol. The number of thiazole rings is 1. The number of methoxy groups -OCH3 is 1. The maximum Gasteiger partial charge on any atom is 0.407 e. The molecule has 1 N–H and O–H groups in total. The van der Waals surface area contributed by atoms with Crippen molar-refractivity contribution in [2.75, 3.05) is 13.7 Å². The van der Waals surface area contributed by atoms with E-state index in [1.165, 1.54) is 29.2 Å². The number of hydrogen-bond donors (Lipinski definition) is 1. The van der Waals surface area contributed by atoms with Crippen LogP contribution in [0.1, 0.15) is 5.56 Å². The van der Waals surface area contributed by atoms with Crippen LogP contribution in [0.25, 0.3) is 10.8 Å². The summed E-state index contributed by atoms with van der Waals surface area (Å²) >= 11 is 1.37. The van der Waals surface area contributed by atoms with Gasteiger partial charge in [0.1, 0.15) is 6.54 Å². The van der Waals surface area contributed by atoms with E-state index in [9.17, 15) is 9.59 Å². The van der Waals surface area contributed by atoms with Gasteiger partial charge in [0, 0.05) is 11.6 Å². The van der Waals surface area contributed by atoms with Crippen LogP contribution in [0, 0.1) is 0 Å². The van der Waals surface area contributed by atoms with Crippen molar-refractivity contribution in [2.24, 2.45) is 4.99 Å². The Balaban J connectivity index is 1.83. The quantitative estimate of drug-likeness (QED) is 0.782. The monoisotopic (exact) mass is 355 g/mol. The van der Waals surface area contributed by atoms with Crippen LogP contribution in [0.5, 0.6) is 0 Å². The lowest BCUT2D eigenvalue weighted by molar-refractivity contribution is -0.117. The van der Waals surface area contributed by atoms with Gasteiger partial charge in [-0.3, -0.25) is 4.79 Å². The molecule has 6 nitrogen and oxygen atoms in total. The minimum absolute atomic E-state index is 0.196. The number of aromatic nitrogens is 1. The maximum atomic E-state index is 11.9. The summed E-state index contributed by atoms with van der Waals surface area (Å²) in [4.78, 5) is 27.6. The third kappa shape index (κ3) is 4.13. The molecule has 0 spiro atoms. The lowest BCUT2D eigenvalue weighted by Crippen LogP contribution is -2.29. The van der Waals surface area contributed by atoms with Gasteiger partial charge in [-0.15, -0.1) is 11.3 Å². The lowest BCUT2D eigenvalue weighted by atomic mass is 10.0. The number of nitrogens with zero attached hydrogens (tertiary/aromatic N) is 2. The van der Waals surface area contributed by atoms with Crippen LogP contribution < -0.4 is 10.1 Å². The fraction of sp³-hybridized carbons (Fsp3) is 0.167. The van der Waals surface area contributed by atoms with Crippen molar-refractivity contribution in [3.05, 3.63) is 64.4 Å². The number of alkyl carbamates (subject to hydrolysis) is 1. The summed E-state index contributed by atoms with van der Waals surface area (Å²) in [5.74, 6) is -0.431. The molecular weight excluding hydrogens is 338 g/mol. The Morgan fingerprint density at radius 3 is 2.84 bits per heavy atom. The minimum Gasteiger partial charge on any atom is -0.453 e. The van der Waals surface area contributed by atoms with E-state index in [2.05, 4.69) is 39.3 Å². The Morgan fingerprint density at radius 1 is 1.20 bits per heavy atom. The molecule has 0 saturated heterocycles. The fourth-order valence-corrected chi connectivity index (χ4v) is 3.23. The Kier molecular flexibility index (Phi) is 5.25. The number of ether oxygens (including phenoxy) is 1. The zero-order valence-electron chi connectivity index (χ0n) is 13.6. The van der Waals surface area contributed by atoms with Crippen molar-refractivity contribution in [1.29, 1.82) is 0 Å². The number of rotatable bonds is 4. The number of hydrogen-bond acceptors (Lipinski definition) is 4. The number of carbonyl (C=O) groups is 2. The summed E-state index contributed by atoms with van der Waals surface area (Å²) in [6, 6.07) is 14.3. The second kappa shape index (κ2) is 7.76. The highest BCUT2D eigenvalue weighted by atomic mass is 32.1. The second-order valence-electron chi connectivity index (χ2n) is 5.30. The van der Waals surface area contributed by atoms with Crippen LogP contribution in [0.15, 0.2) is 59.0 Å². The lowest BCUT2D eigenvalue weighted by Gasteiger charge is -2.07. The number of benzene rings is 2. The topological polar surface area (TPSA) is 72.7 Å². The Labute approximate surface area is 148 Å².